The number of carbonyl (C=O) groups is 3. The third-order valence-electron chi connectivity index (χ3n) is 3.99. The van der Waals surface area contributed by atoms with E-state index in [0.717, 1.165) is 17.0 Å². The molecular weight excluding hydrogens is 324 g/mol. The summed E-state index contributed by atoms with van der Waals surface area (Å²) in [5.41, 5.74) is 1.89. The Hall–Kier alpha value is -2.57. The maximum absolute atomic E-state index is 11.8. The summed E-state index contributed by atoms with van der Waals surface area (Å²) < 4.78 is 5.66. The Morgan fingerprint density at radius 1 is 1.32 bits per heavy atom. The maximum Gasteiger partial charge on any atom is 0.303 e. The van der Waals surface area contributed by atoms with Crippen LogP contribution in [0.25, 0.3) is 0 Å². The molecule has 0 saturated heterocycles. The Balaban J connectivity index is 1.66. The van der Waals surface area contributed by atoms with Gasteiger partial charge in [-0.1, -0.05) is 0 Å². The summed E-state index contributed by atoms with van der Waals surface area (Å²) >= 11 is 0. The molecular formula is C18H24N2O5. The molecule has 136 valence electrons. The number of hydrogen-bond acceptors (Lipinski definition) is 4. The third-order valence-corrected chi connectivity index (χ3v) is 3.99. The predicted octanol–water partition coefficient (Wildman–Crippen LogP) is 2.10. The molecule has 7 nitrogen and oxygen atoms in total. The first-order valence-electron chi connectivity index (χ1n) is 8.51. The van der Waals surface area contributed by atoms with Gasteiger partial charge in [-0.25, -0.2) is 0 Å². The van der Waals surface area contributed by atoms with E-state index in [-0.39, 0.29) is 24.3 Å². The molecule has 2 amide bonds. The summed E-state index contributed by atoms with van der Waals surface area (Å²) in [6.45, 7) is 2.21. The van der Waals surface area contributed by atoms with E-state index in [1.807, 2.05) is 12.1 Å². The second-order valence-corrected chi connectivity index (χ2v) is 6.22. The monoisotopic (exact) mass is 348 g/mol. The highest BCUT2D eigenvalue weighted by Crippen LogP contribution is 2.26. The minimum Gasteiger partial charge on any atom is -0.494 e. The van der Waals surface area contributed by atoms with Gasteiger partial charge in [-0.05, 0) is 49.9 Å². The predicted molar refractivity (Wildman–Crippen MR) is 92.6 cm³/mol. The van der Waals surface area contributed by atoms with Crippen LogP contribution in [0.15, 0.2) is 18.2 Å². The molecule has 1 aromatic carbocycles. The lowest BCUT2D eigenvalue weighted by atomic mass is 10.0. The van der Waals surface area contributed by atoms with Crippen LogP contribution in [-0.4, -0.2) is 35.5 Å². The van der Waals surface area contributed by atoms with Gasteiger partial charge in [0.15, 0.2) is 0 Å². The van der Waals surface area contributed by atoms with Crippen molar-refractivity contribution in [2.75, 3.05) is 11.9 Å². The molecule has 1 aliphatic rings. The van der Waals surface area contributed by atoms with Crippen LogP contribution in [0, 0.1) is 0 Å². The largest absolute Gasteiger partial charge is 0.494 e. The molecule has 0 aliphatic carbocycles. The number of nitrogens with one attached hydrogen (secondary N) is 2. The highest BCUT2D eigenvalue weighted by atomic mass is 16.5. The highest BCUT2D eigenvalue weighted by Gasteiger charge is 2.15. The first kappa shape index (κ1) is 18.8. The van der Waals surface area contributed by atoms with Gasteiger partial charge in [-0.3, -0.25) is 14.4 Å². The number of aryl methyl sites for hydroxylation is 1. The number of benzene rings is 1. The summed E-state index contributed by atoms with van der Waals surface area (Å²) in [5.74, 6) is -0.205. The number of carboxylic acid groups (broad SMARTS) is 1. The van der Waals surface area contributed by atoms with Crippen molar-refractivity contribution in [3.8, 4) is 5.75 Å². The minimum atomic E-state index is -0.862. The van der Waals surface area contributed by atoms with Crippen molar-refractivity contribution in [3.63, 3.8) is 0 Å². The molecule has 1 aliphatic heterocycles. The lowest BCUT2D eigenvalue weighted by molar-refractivity contribution is -0.137. The van der Waals surface area contributed by atoms with Gasteiger partial charge < -0.3 is 20.5 Å². The fraction of sp³-hybridized carbons (Fsp3) is 0.500. The molecule has 0 spiro atoms. The van der Waals surface area contributed by atoms with Crippen molar-refractivity contribution in [1.29, 1.82) is 0 Å². The molecule has 0 bridgehead atoms. The van der Waals surface area contributed by atoms with Crippen LogP contribution < -0.4 is 15.4 Å². The van der Waals surface area contributed by atoms with E-state index < -0.39 is 5.97 Å². The van der Waals surface area contributed by atoms with Crippen molar-refractivity contribution < 1.29 is 24.2 Å². The Bertz CT molecular complexity index is 644. The number of amides is 2. The van der Waals surface area contributed by atoms with E-state index in [1.54, 1.807) is 13.0 Å². The fourth-order valence-electron chi connectivity index (χ4n) is 2.63. The second kappa shape index (κ2) is 9.05. The summed E-state index contributed by atoms with van der Waals surface area (Å²) in [7, 11) is 0. The Kier molecular flexibility index (Phi) is 6.80. The van der Waals surface area contributed by atoms with Crippen molar-refractivity contribution in [3.05, 3.63) is 23.8 Å². The first-order valence-corrected chi connectivity index (χ1v) is 8.51. The second-order valence-electron chi connectivity index (χ2n) is 6.22. The SMILES string of the molecule is CC(CCC(=O)O)NC(=O)CCCOc1ccc2c(c1)CCC(=O)N2. The number of carboxylic acids is 1. The molecule has 0 fully saturated rings. The van der Waals surface area contributed by atoms with Crippen LogP contribution in [0.1, 0.15) is 44.6 Å². The van der Waals surface area contributed by atoms with Crippen LogP contribution in [0.2, 0.25) is 0 Å². The van der Waals surface area contributed by atoms with E-state index in [2.05, 4.69) is 10.6 Å². The Morgan fingerprint density at radius 3 is 2.88 bits per heavy atom. The molecule has 1 heterocycles. The molecule has 1 unspecified atom stereocenters. The Labute approximate surface area is 146 Å². The molecule has 7 heteroatoms. The smallest absolute Gasteiger partial charge is 0.303 e. The summed E-state index contributed by atoms with van der Waals surface area (Å²) in [6.07, 6.45) is 2.56. The van der Waals surface area contributed by atoms with Gasteiger partial charge in [0.1, 0.15) is 5.75 Å². The van der Waals surface area contributed by atoms with Crippen LogP contribution in [-0.2, 0) is 20.8 Å². The molecule has 25 heavy (non-hydrogen) atoms. The van der Waals surface area contributed by atoms with Gasteiger partial charge in [0.05, 0.1) is 6.61 Å². The lowest BCUT2D eigenvalue weighted by Gasteiger charge is -2.17. The lowest BCUT2D eigenvalue weighted by Crippen LogP contribution is -2.32. The van der Waals surface area contributed by atoms with E-state index in [4.69, 9.17) is 9.84 Å². The number of aliphatic carboxylic acids is 1. The first-order chi connectivity index (χ1) is 11.9. The number of hydrogen-bond donors (Lipinski definition) is 3. The standard InChI is InChI=1S/C18H24N2O5/c1-12(4-9-18(23)24)19-16(21)3-2-10-25-14-6-7-15-13(11-14)5-8-17(22)20-15/h6-7,11-12H,2-5,8-10H2,1H3,(H,19,21)(H,20,22)(H,23,24). The minimum absolute atomic E-state index is 0.0322. The summed E-state index contributed by atoms with van der Waals surface area (Å²) in [5, 5.41) is 14.2. The van der Waals surface area contributed by atoms with Crippen molar-refractivity contribution >= 4 is 23.5 Å². The fourth-order valence-corrected chi connectivity index (χ4v) is 2.63. The highest BCUT2D eigenvalue weighted by molar-refractivity contribution is 5.94. The van der Waals surface area contributed by atoms with Gasteiger partial charge in [-0.2, -0.15) is 0 Å². The zero-order chi connectivity index (χ0) is 18.2. The molecule has 1 aromatic rings. The molecule has 3 N–H and O–H groups in total. The van der Waals surface area contributed by atoms with Gasteiger partial charge in [0.2, 0.25) is 11.8 Å². The maximum atomic E-state index is 11.8. The van der Waals surface area contributed by atoms with Gasteiger partial charge >= 0.3 is 5.97 Å². The number of rotatable bonds is 9. The summed E-state index contributed by atoms with van der Waals surface area (Å²) in [6, 6.07) is 5.40. The van der Waals surface area contributed by atoms with E-state index >= 15 is 0 Å². The quantitative estimate of drug-likeness (QED) is 0.593. The van der Waals surface area contributed by atoms with Crippen LogP contribution >= 0.6 is 0 Å². The van der Waals surface area contributed by atoms with Gasteiger partial charge in [-0.15, -0.1) is 0 Å². The van der Waals surface area contributed by atoms with Crippen LogP contribution in [0.3, 0.4) is 0 Å². The van der Waals surface area contributed by atoms with Gasteiger partial charge in [0, 0.05) is 31.0 Å². The summed E-state index contributed by atoms with van der Waals surface area (Å²) in [4.78, 5) is 33.6. The molecule has 1 atom stereocenters. The topological polar surface area (TPSA) is 105 Å². The number of fused-ring (bicyclic) bond motifs is 1. The Morgan fingerprint density at radius 2 is 2.12 bits per heavy atom. The number of carbonyl (C=O) groups excluding carboxylic acids is 2. The zero-order valence-corrected chi connectivity index (χ0v) is 14.3. The van der Waals surface area contributed by atoms with E-state index in [0.29, 0.717) is 38.7 Å². The van der Waals surface area contributed by atoms with Crippen LogP contribution in [0.4, 0.5) is 5.69 Å². The van der Waals surface area contributed by atoms with Crippen molar-refractivity contribution in [1.82, 2.24) is 5.32 Å². The van der Waals surface area contributed by atoms with Crippen LogP contribution in [0.5, 0.6) is 5.75 Å². The number of ether oxygens (including phenoxy) is 1. The van der Waals surface area contributed by atoms with E-state index in [9.17, 15) is 14.4 Å². The molecule has 0 radical (unpaired) electrons. The average Bonchev–Trinajstić information content (AvgIpc) is 2.57. The third kappa shape index (κ3) is 6.45. The normalized spacial score (nSPS) is 14.2. The van der Waals surface area contributed by atoms with Crippen molar-refractivity contribution in [2.45, 2.75) is 51.5 Å². The molecule has 0 saturated carbocycles. The van der Waals surface area contributed by atoms with Crippen molar-refractivity contribution in [2.24, 2.45) is 0 Å². The molecule has 0 aromatic heterocycles. The van der Waals surface area contributed by atoms with E-state index in [1.165, 1.54) is 0 Å². The zero-order valence-electron chi connectivity index (χ0n) is 14.3. The van der Waals surface area contributed by atoms with Gasteiger partial charge in [0.25, 0.3) is 0 Å². The average molecular weight is 348 g/mol. The molecule has 2 rings (SSSR count). The number of anilines is 1.